The molecule has 3 nitrogen and oxygen atoms in total. The summed E-state index contributed by atoms with van der Waals surface area (Å²) < 4.78 is 41.9. The highest BCUT2D eigenvalue weighted by Crippen LogP contribution is 2.37. The maximum Gasteiger partial charge on any atom is 0.416 e. The molecule has 2 rings (SSSR count). The molecule has 114 valence electrons. The minimum atomic E-state index is -4.39. The van der Waals surface area contributed by atoms with E-state index in [0.29, 0.717) is 16.7 Å². The Hall–Kier alpha value is -1.34. The zero-order valence-corrected chi connectivity index (χ0v) is 13.2. The van der Waals surface area contributed by atoms with E-state index in [2.05, 4.69) is 26.3 Å². The Morgan fingerprint density at radius 2 is 2.00 bits per heavy atom. The van der Waals surface area contributed by atoms with Crippen molar-refractivity contribution in [2.24, 2.45) is 7.05 Å². The van der Waals surface area contributed by atoms with Crippen LogP contribution in [0.15, 0.2) is 34.9 Å². The maximum atomic E-state index is 13.2. The molecule has 21 heavy (non-hydrogen) atoms. The van der Waals surface area contributed by atoms with Crippen molar-refractivity contribution in [1.29, 1.82) is 0 Å². The summed E-state index contributed by atoms with van der Waals surface area (Å²) in [6.45, 7) is 2.39. The van der Waals surface area contributed by atoms with Gasteiger partial charge in [0.1, 0.15) is 0 Å². The van der Waals surface area contributed by atoms with Crippen LogP contribution in [-0.2, 0) is 13.2 Å². The zero-order chi connectivity index (χ0) is 15.6. The van der Waals surface area contributed by atoms with Crippen LogP contribution >= 0.6 is 15.9 Å². The third kappa shape index (κ3) is 3.29. The van der Waals surface area contributed by atoms with Crippen molar-refractivity contribution in [2.45, 2.75) is 19.1 Å². The van der Waals surface area contributed by atoms with Gasteiger partial charge in [0.2, 0.25) is 0 Å². The Labute approximate surface area is 129 Å². The maximum absolute atomic E-state index is 13.2. The monoisotopic (exact) mass is 361 g/mol. The normalized spacial score (nSPS) is 13.4. The smallest absolute Gasteiger partial charge is 0.305 e. The van der Waals surface area contributed by atoms with Gasteiger partial charge in [-0.05, 0) is 34.1 Å². The van der Waals surface area contributed by atoms with Crippen molar-refractivity contribution in [3.8, 4) is 0 Å². The number of alkyl halides is 3. The van der Waals surface area contributed by atoms with E-state index in [1.165, 1.54) is 12.1 Å². The lowest BCUT2D eigenvalue weighted by Crippen LogP contribution is -2.27. The molecule has 0 saturated heterocycles. The molecule has 0 fully saturated rings. The van der Waals surface area contributed by atoms with E-state index in [0.717, 1.165) is 6.07 Å². The highest BCUT2D eigenvalue weighted by molar-refractivity contribution is 9.10. The molecule has 0 aliphatic rings. The lowest BCUT2D eigenvalue weighted by atomic mass is 9.97. The van der Waals surface area contributed by atoms with E-state index in [9.17, 15) is 13.2 Å². The van der Waals surface area contributed by atoms with Crippen LogP contribution in [0.1, 0.15) is 29.8 Å². The molecule has 1 N–H and O–H groups in total. The summed E-state index contributed by atoms with van der Waals surface area (Å²) in [5.41, 5.74) is 0.216. The summed E-state index contributed by atoms with van der Waals surface area (Å²) >= 11 is 3.36. The number of hydrogen-bond acceptors (Lipinski definition) is 2. The second-order valence-electron chi connectivity index (χ2n) is 4.58. The molecule has 0 spiro atoms. The second kappa shape index (κ2) is 6.19. The van der Waals surface area contributed by atoms with Crippen LogP contribution in [-0.4, -0.2) is 16.3 Å². The fraction of sp³-hybridized carbons (Fsp3) is 0.357. The van der Waals surface area contributed by atoms with Crippen molar-refractivity contribution >= 4 is 15.9 Å². The third-order valence-corrected chi connectivity index (χ3v) is 3.81. The molecule has 1 aromatic heterocycles. The van der Waals surface area contributed by atoms with Gasteiger partial charge in [-0.25, -0.2) is 0 Å². The SMILES string of the molecule is CCNC(c1ccccc1C(F)(F)F)c1c(Br)cnn1C. The van der Waals surface area contributed by atoms with Gasteiger partial charge in [-0.2, -0.15) is 18.3 Å². The van der Waals surface area contributed by atoms with Crippen LogP contribution in [0, 0.1) is 0 Å². The molecule has 0 aliphatic carbocycles. The molecule has 0 radical (unpaired) electrons. The van der Waals surface area contributed by atoms with Crippen LogP contribution in [0.2, 0.25) is 0 Å². The van der Waals surface area contributed by atoms with Crippen molar-refractivity contribution < 1.29 is 13.2 Å². The molecular weight excluding hydrogens is 347 g/mol. The standard InChI is InChI=1S/C14H15BrF3N3/c1-3-19-12(13-11(15)8-20-21(13)2)9-6-4-5-7-10(9)14(16,17)18/h4-8,12,19H,3H2,1-2H3. The summed E-state index contributed by atoms with van der Waals surface area (Å²) in [6.07, 6.45) is -2.81. The predicted molar refractivity (Wildman–Crippen MR) is 77.9 cm³/mol. The molecule has 1 unspecified atom stereocenters. The van der Waals surface area contributed by atoms with Gasteiger partial charge in [-0.15, -0.1) is 0 Å². The van der Waals surface area contributed by atoms with Gasteiger partial charge in [0, 0.05) is 7.05 Å². The Balaban J connectivity index is 2.60. The molecular formula is C14H15BrF3N3. The number of rotatable bonds is 4. The number of nitrogens with zero attached hydrogens (tertiary/aromatic N) is 2. The number of aromatic nitrogens is 2. The molecule has 0 aliphatic heterocycles. The first-order chi connectivity index (χ1) is 9.86. The summed E-state index contributed by atoms with van der Waals surface area (Å²) in [5, 5.41) is 7.19. The molecule has 2 aromatic rings. The fourth-order valence-electron chi connectivity index (χ4n) is 2.31. The van der Waals surface area contributed by atoms with Crippen LogP contribution in [0.25, 0.3) is 0 Å². The first-order valence-electron chi connectivity index (χ1n) is 6.43. The molecule has 1 heterocycles. The van der Waals surface area contributed by atoms with Gasteiger partial charge in [0.05, 0.1) is 28.0 Å². The predicted octanol–water partition coefficient (Wildman–Crippen LogP) is 3.90. The Morgan fingerprint density at radius 1 is 1.33 bits per heavy atom. The lowest BCUT2D eigenvalue weighted by Gasteiger charge is -2.23. The Morgan fingerprint density at radius 3 is 2.52 bits per heavy atom. The van der Waals surface area contributed by atoms with Gasteiger partial charge in [0.25, 0.3) is 0 Å². The number of halogens is 4. The van der Waals surface area contributed by atoms with E-state index >= 15 is 0 Å². The Bertz CT molecular complexity index is 603. The first kappa shape index (κ1) is 16.0. The summed E-state index contributed by atoms with van der Waals surface area (Å²) in [7, 11) is 1.71. The van der Waals surface area contributed by atoms with E-state index in [4.69, 9.17) is 0 Å². The number of benzene rings is 1. The highest BCUT2D eigenvalue weighted by atomic mass is 79.9. The second-order valence-corrected chi connectivity index (χ2v) is 5.43. The number of aryl methyl sites for hydroxylation is 1. The van der Waals surface area contributed by atoms with Crippen LogP contribution in [0.5, 0.6) is 0 Å². The molecule has 7 heteroatoms. The van der Waals surface area contributed by atoms with Gasteiger partial charge in [-0.3, -0.25) is 4.68 Å². The molecule has 0 amide bonds. The fourth-order valence-corrected chi connectivity index (χ4v) is 2.89. The van der Waals surface area contributed by atoms with Crippen LogP contribution < -0.4 is 5.32 Å². The van der Waals surface area contributed by atoms with E-state index in [1.807, 2.05) is 6.92 Å². The third-order valence-electron chi connectivity index (χ3n) is 3.20. The molecule has 1 atom stereocenters. The number of nitrogens with one attached hydrogen (secondary N) is 1. The van der Waals surface area contributed by atoms with E-state index in [-0.39, 0.29) is 5.56 Å². The van der Waals surface area contributed by atoms with Crippen molar-refractivity contribution in [3.05, 3.63) is 51.8 Å². The summed E-state index contributed by atoms with van der Waals surface area (Å²) in [6, 6.07) is 5.02. The first-order valence-corrected chi connectivity index (χ1v) is 7.22. The topological polar surface area (TPSA) is 29.9 Å². The number of hydrogen-bond donors (Lipinski definition) is 1. The minimum Gasteiger partial charge on any atom is -0.305 e. The highest BCUT2D eigenvalue weighted by Gasteiger charge is 2.36. The largest absolute Gasteiger partial charge is 0.416 e. The average Bonchev–Trinajstić information content (AvgIpc) is 2.75. The average molecular weight is 362 g/mol. The van der Waals surface area contributed by atoms with Gasteiger partial charge in [0.15, 0.2) is 0 Å². The van der Waals surface area contributed by atoms with Crippen molar-refractivity contribution in [1.82, 2.24) is 15.1 Å². The molecule has 0 bridgehead atoms. The van der Waals surface area contributed by atoms with Gasteiger partial charge >= 0.3 is 6.18 Å². The van der Waals surface area contributed by atoms with Gasteiger partial charge in [-0.1, -0.05) is 25.1 Å². The van der Waals surface area contributed by atoms with Crippen LogP contribution in [0.3, 0.4) is 0 Å². The van der Waals surface area contributed by atoms with Crippen molar-refractivity contribution in [3.63, 3.8) is 0 Å². The molecule has 1 aromatic carbocycles. The lowest BCUT2D eigenvalue weighted by molar-refractivity contribution is -0.138. The van der Waals surface area contributed by atoms with E-state index in [1.54, 1.807) is 24.0 Å². The Kier molecular flexibility index (Phi) is 4.73. The summed E-state index contributed by atoms with van der Waals surface area (Å²) in [4.78, 5) is 0. The molecule has 0 saturated carbocycles. The van der Waals surface area contributed by atoms with Crippen LogP contribution in [0.4, 0.5) is 13.2 Å². The van der Waals surface area contributed by atoms with Crippen molar-refractivity contribution in [2.75, 3.05) is 6.54 Å². The minimum absolute atomic E-state index is 0.191. The quantitative estimate of drug-likeness (QED) is 0.894. The zero-order valence-electron chi connectivity index (χ0n) is 11.6. The van der Waals surface area contributed by atoms with Gasteiger partial charge < -0.3 is 5.32 Å². The summed E-state index contributed by atoms with van der Waals surface area (Å²) in [5.74, 6) is 0. The van der Waals surface area contributed by atoms with E-state index < -0.39 is 17.8 Å².